The van der Waals surface area contributed by atoms with Crippen molar-refractivity contribution >= 4 is 44.4 Å². The van der Waals surface area contributed by atoms with Gasteiger partial charge in [-0.1, -0.05) is 23.1 Å². The highest BCUT2D eigenvalue weighted by Gasteiger charge is 2.10. The zero-order valence-corrected chi connectivity index (χ0v) is 9.53. The van der Waals surface area contributed by atoms with Gasteiger partial charge in [-0.05, 0) is 0 Å². The lowest BCUT2D eigenvalue weighted by molar-refractivity contribution is -0.133. The molecule has 0 atom stereocenters. The minimum atomic E-state index is -3.86. The average Bonchev–Trinajstić information content (AvgIpc) is 2.45. The zero-order valence-electron chi connectivity index (χ0n) is 7.08. The van der Waals surface area contributed by atoms with Crippen LogP contribution in [0.4, 0.5) is 5.13 Å². The Morgan fingerprint density at radius 3 is 2.80 bits per heavy atom. The minimum Gasteiger partial charge on any atom is -0.481 e. The second-order valence-electron chi connectivity index (χ2n) is 2.20. The summed E-state index contributed by atoms with van der Waals surface area (Å²) in [7, 11) is -3.86. The molecule has 0 saturated carbocycles. The SMILES string of the molecule is NS(=O)(=O)Nc1nnc(SCC(=O)O)s1. The number of nitrogens with two attached hydrogens (primary N) is 1. The zero-order chi connectivity index (χ0) is 11.5. The molecule has 15 heavy (non-hydrogen) atoms. The van der Waals surface area contributed by atoms with Crippen LogP contribution in [0.2, 0.25) is 0 Å². The molecule has 0 aliphatic heterocycles. The summed E-state index contributed by atoms with van der Waals surface area (Å²) in [4.78, 5) is 10.2. The van der Waals surface area contributed by atoms with Crippen molar-refractivity contribution < 1.29 is 18.3 Å². The van der Waals surface area contributed by atoms with Gasteiger partial charge in [0.05, 0.1) is 5.75 Å². The van der Waals surface area contributed by atoms with Gasteiger partial charge in [-0.3, -0.25) is 4.79 Å². The van der Waals surface area contributed by atoms with Crippen LogP contribution in [0, 0.1) is 0 Å². The van der Waals surface area contributed by atoms with Crippen LogP contribution in [0.3, 0.4) is 0 Å². The molecule has 0 aliphatic carbocycles. The largest absolute Gasteiger partial charge is 0.481 e. The molecule has 0 aromatic carbocycles. The van der Waals surface area contributed by atoms with Crippen molar-refractivity contribution in [1.29, 1.82) is 0 Å². The minimum absolute atomic E-state index is 0.00499. The lowest BCUT2D eigenvalue weighted by Gasteiger charge is -1.94. The second-order valence-corrected chi connectivity index (χ2v) is 5.70. The summed E-state index contributed by atoms with van der Waals surface area (Å²) in [5.41, 5.74) is 0. The highest BCUT2D eigenvalue weighted by molar-refractivity contribution is 8.01. The molecule has 1 heterocycles. The van der Waals surface area contributed by atoms with Crippen LogP contribution < -0.4 is 9.86 Å². The first kappa shape index (κ1) is 12.2. The normalized spacial score (nSPS) is 11.3. The molecule has 4 N–H and O–H groups in total. The molecule has 0 aliphatic rings. The number of aromatic nitrogens is 2. The van der Waals surface area contributed by atoms with Gasteiger partial charge in [-0.25, -0.2) is 9.86 Å². The van der Waals surface area contributed by atoms with Crippen molar-refractivity contribution in [1.82, 2.24) is 10.2 Å². The van der Waals surface area contributed by atoms with Gasteiger partial charge in [0, 0.05) is 0 Å². The van der Waals surface area contributed by atoms with E-state index >= 15 is 0 Å². The van der Waals surface area contributed by atoms with Crippen LogP contribution in [0.15, 0.2) is 4.34 Å². The number of carbonyl (C=O) groups is 1. The molecule has 11 heteroatoms. The number of carboxylic acids is 1. The van der Waals surface area contributed by atoms with Gasteiger partial charge in [-0.15, -0.1) is 10.2 Å². The van der Waals surface area contributed by atoms with Crippen molar-refractivity contribution in [2.24, 2.45) is 5.14 Å². The summed E-state index contributed by atoms with van der Waals surface area (Å²) in [5, 5.41) is 20.1. The van der Waals surface area contributed by atoms with Crippen LogP contribution in [0.25, 0.3) is 0 Å². The molecule has 0 radical (unpaired) electrons. The van der Waals surface area contributed by atoms with Crippen LogP contribution in [-0.2, 0) is 15.0 Å². The van der Waals surface area contributed by atoms with E-state index in [-0.39, 0.29) is 10.9 Å². The fourth-order valence-corrected chi connectivity index (χ4v) is 2.68. The maximum Gasteiger partial charge on any atom is 0.313 e. The van der Waals surface area contributed by atoms with Crippen molar-refractivity contribution in [2.75, 3.05) is 10.5 Å². The number of hydrogen-bond acceptors (Lipinski definition) is 7. The molecule has 0 saturated heterocycles. The Morgan fingerprint density at radius 1 is 1.60 bits per heavy atom. The lowest BCUT2D eigenvalue weighted by Crippen LogP contribution is -2.21. The van der Waals surface area contributed by atoms with Crippen molar-refractivity contribution in [3.63, 3.8) is 0 Å². The summed E-state index contributed by atoms with van der Waals surface area (Å²) in [6, 6.07) is 0. The summed E-state index contributed by atoms with van der Waals surface area (Å²) in [5.74, 6) is -1.15. The summed E-state index contributed by atoms with van der Waals surface area (Å²) < 4.78 is 23.4. The van der Waals surface area contributed by atoms with Gasteiger partial charge < -0.3 is 5.11 Å². The van der Waals surface area contributed by atoms with E-state index in [1.807, 2.05) is 4.72 Å². The Hall–Kier alpha value is -0.910. The first-order chi connectivity index (χ1) is 6.87. The van der Waals surface area contributed by atoms with Crippen molar-refractivity contribution in [3.05, 3.63) is 0 Å². The number of aliphatic carboxylic acids is 1. The molecule has 1 rings (SSSR count). The maximum absolute atomic E-state index is 10.6. The van der Waals surface area contributed by atoms with E-state index in [1.165, 1.54) is 0 Å². The summed E-state index contributed by atoms with van der Waals surface area (Å²) >= 11 is 1.85. The molecule has 1 aromatic rings. The molecule has 84 valence electrons. The molecule has 0 fully saturated rings. The van der Waals surface area contributed by atoms with E-state index in [9.17, 15) is 13.2 Å². The first-order valence-electron chi connectivity index (χ1n) is 3.35. The number of hydrogen-bond donors (Lipinski definition) is 3. The number of nitrogens with one attached hydrogen (secondary N) is 1. The van der Waals surface area contributed by atoms with E-state index in [0.717, 1.165) is 23.1 Å². The summed E-state index contributed by atoms with van der Waals surface area (Å²) in [6.45, 7) is 0. The predicted molar refractivity (Wildman–Crippen MR) is 55.0 cm³/mol. The molecule has 8 nitrogen and oxygen atoms in total. The number of anilines is 1. The quantitative estimate of drug-likeness (QED) is 0.604. The van der Waals surface area contributed by atoms with E-state index in [0.29, 0.717) is 4.34 Å². The van der Waals surface area contributed by atoms with Gasteiger partial charge in [0.25, 0.3) is 10.2 Å². The Kier molecular flexibility index (Phi) is 3.84. The smallest absolute Gasteiger partial charge is 0.313 e. The number of rotatable bonds is 5. The molecule has 0 unspecified atom stereocenters. The van der Waals surface area contributed by atoms with Crippen LogP contribution in [-0.4, -0.2) is 35.4 Å². The number of thioether (sulfide) groups is 1. The van der Waals surface area contributed by atoms with Crippen molar-refractivity contribution in [2.45, 2.75) is 4.34 Å². The van der Waals surface area contributed by atoms with Gasteiger partial charge in [0.2, 0.25) is 5.13 Å². The topological polar surface area (TPSA) is 135 Å². The number of carboxylic acid groups (broad SMARTS) is 1. The van der Waals surface area contributed by atoms with Crippen LogP contribution in [0.1, 0.15) is 0 Å². The Morgan fingerprint density at radius 2 is 2.27 bits per heavy atom. The van der Waals surface area contributed by atoms with Crippen molar-refractivity contribution in [3.8, 4) is 0 Å². The van der Waals surface area contributed by atoms with E-state index in [2.05, 4.69) is 10.2 Å². The highest BCUT2D eigenvalue weighted by atomic mass is 32.2. The number of nitrogens with zero attached hydrogens (tertiary/aromatic N) is 2. The Bertz CT molecular complexity index is 454. The lowest BCUT2D eigenvalue weighted by atomic mass is 10.8. The fourth-order valence-electron chi connectivity index (χ4n) is 0.555. The van der Waals surface area contributed by atoms with Gasteiger partial charge in [-0.2, -0.15) is 8.42 Å². The first-order valence-corrected chi connectivity index (χ1v) is 6.70. The molecule has 0 amide bonds. The molecular weight excluding hydrogens is 264 g/mol. The maximum atomic E-state index is 10.6. The highest BCUT2D eigenvalue weighted by Crippen LogP contribution is 2.25. The van der Waals surface area contributed by atoms with Gasteiger partial charge in [0.1, 0.15) is 0 Å². The van der Waals surface area contributed by atoms with E-state index in [1.54, 1.807) is 0 Å². The second kappa shape index (κ2) is 4.74. The van der Waals surface area contributed by atoms with Gasteiger partial charge >= 0.3 is 5.97 Å². The Balaban J connectivity index is 2.60. The third-order valence-electron chi connectivity index (χ3n) is 0.955. The molecule has 1 aromatic heterocycles. The van der Waals surface area contributed by atoms with E-state index < -0.39 is 16.2 Å². The Labute approximate surface area is 93.1 Å². The fraction of sp³-hybridized carbons (Fsp3) is 0.250. The standard InChI is InChI=1S/C4H6N4O4S3/c5-15(11,12)8-3-6-7-4(14-3)13-1-2(9)10/h1H2,(H,6,8)(H,9,10)(H2,5,11,12). The molecule has 0 bridgehead atoms. The molecular formula is C4H6N4O4S3. The third kappa shape index (κ3) is 4.92. The van der Waals surface area contributed by atoms with Crippen LogP contribution >= 0.6 is 23.1 Å². The van der Waals surface area contributed by atoms with Gasteiger partial charge in [0.15, 0.2) is 4.34 Å². The monoisotopic (exact) mass is 270 g/mol. The average molecular weight is 270 g/mol. The van der Waals surface area contributed by atoms with E-state index in [4.69, 9.17) is 10.2 Å². The third-order valence-corrected chi connectivity index (χ3v) is 3.52. The predicted octanol–water partition coefficient (Wildman–Crippen LogP) is -0.670. The molecule has 0 spiro atoms. The van der Waals surface area contributed by atoms with Crippen LogP contribution in [0.5, 0.6) is 0 Å². The summed E-state index contributed by atoms with van der Waals surface area (Å²) in [6.07, 6.45) is 0.